The Morgan fingerprint density at radius 2 is 1.19 bits per heavy atom. The predicted octanol–water partition coefficient (Wildman–Crippen LogP) is 2.19. The number of aliphatic hydroxyl groups excluding tert-OH is 2. The van der Waals surface area contributed by atoms with Crippen molar-refractivity contribution in [2.24, 2.45) is 29.1 Å². The van der Waals surface area contributed by atoms with Gasteiger partial charge in [-0.15, -0.1) is 0 Å². The summed E-state index contributed by atoms with van der Waals surface area (Å²) in [5.74, 6) is 3.58. The van der Waals surface area contributed by atoms with Crippen molar-refractivity contribution in [1.29, 1.82) is 0 Å². The lowest BCUT2D eigenvalue weighted by Gasteiger charge is -2.61. The topological polar surface area (TPSA) is 40.5 Å². The molecule has 0 aromatic heterocycles. The summed E-state index contributed by atoms with van der Waals surface area (Å²) in [6.07, 6.45) is 8.87. The molecule has 2 N–H and O–H groups in total. The predicted molar refractivity (Wildman–Crippen MR) is 62.9 cm³/mol. The van der Waals surface area contributed by atoms with Crippen molar-refractivity contribution >= 4 is 0 Å². The van der Waals surface area contributed by atoms with Gasteiger partial charge in [-0.25, -0.2) is 0 Å². The van der Waals surface area contributed by atoms with Gasteiger partial charge in [0.1, 0.15) is 0 Å². The summed E-state index contributed by atoms with van der Waals surface area (Å²) >= 11 is 0. The van der Waals surface area contributed by atoms with Crippen molar-refractivity contribution < 1.29 is 10.2 Å². The van der Waals surface area contributed by atoms with E-state index < -0.39 is 0 Å². The van der Waals surface area contributed by atoms with E-state index in [1.807, 2.05) is 0 Å². The summed E-state index contributed by atoms with van der Waals surface area (Å²) in [6.45, 7) is 0.616. The van der Waals surface area contributed by atoms with E-state index >= 15 is 0 Å². The second kappa shape index (κ2) is 3.99. The normalized spacial score (nSPS) is 43.9. The number of aliphatic hydroxyl groups is 2. The minimum atomic E-state index is 0.302. The Balaban J connectivity index is 1.87. The summed E-state index contributed by atoms with van der Waals surface area (Å²) < 4.78 is 0. The van der Waals surface area contributed by atoms with E-state index in [-0.39, 0.29) is 0 Å². The molecule has 0 heterocycles. The lowest BCUT2D eigenvalue weighted by molar-refractivity contribution is -0.127. The molecule has 4 aliphatic carbocycles. The Morgan fingerprint density at radius 3 is 1.56 bits per heavy atom. The summed E-state index contributed by atoms with van der Waals surface area (Å²) in [7, 11) is 0. The molecule has 2 heteroatoms. The molecule has 0 atom stereocenters. The smallest absolute Gasteiger partial charge is 0.0436 e. The molecule has 4 bridgehead atoms. The van der Waals surface area contributed by atoms with Crippen LogP contribution >= 0.6 is 0 Å². The van der Waals surface area contributed by atoms with Crippen molar-refractivity contribution in [3.8, 4) is 0 Å². The highest BCUT2D eigenvalue weighted by atomic mass is 16.3. The molecule has 0 saturated heterocycles. The minimum Gasteiger partial charge on any atom is -0.396 e. The molecular weight excluding hydrogens is 200 g/mol. The van der Waals surface area contributed by atoms with Crippen LogP contribution in [0.3, 0.4) is 0 Å². The van der Waals surface area contributed by atoms with Gasteiger partial charge in [0.25, 0.3) is 0 Å². The van der Waals surface area contributed by atoms with E-state index in [0.29, 0.717) is 18.6 Å². The maximum absolute atomic E-state index is 9.36. The zero-order valence-corrected chi connectivity index (χ0v) is 10.1. The van der Waals surface area contributed by atoms with Crippen molar-refractivity contribution in [2.45, 2.75) is 44.9 Å². The van der Waals surface area contributed by atoms with E-state index in [4.69, 9.17) is 0 Å². The largest absolute Gasteiger partial charge is 0.396 e. The Hall–Kier alpha value is -0.0800. The summed E-state index contributed by atoms with van der Waals surface area (Å²) in [5.41, 5.74) is 0.302. The SMILES string of the molecule is OCCC1(CCO)C2CC3CC(C2)CC1C3. The molecule has 0 radical (unpaired) electrons. The van der Waals surface area contributed by atoms with Crippen molar-refractivity contribution in [3.05, 3.63) is 0 Å². The molecule has 0 spiro atoms. The van der Waals surface area contributed by atoms with E-state index in [1.54, 1.807) is 0 Å². The van der Waals surface area contributed by atoms with E-state index in [1.165, 1.54) is 32.1 Å². The van der Waals surface area contributed by atoms with Crippen LogP contribution < -0.4 is 0 Å². The maximum Gasteiger partial charge on any atom is 0.0436 e. The first-order valence-corrected chi connectivity index (χ1v) is 7.00. The van der Waals surface area contributed by atoms with Gasteiger partial charge in [-0.1, -0.05) is 0 Å². The third-order valence-corrected chi connectivity index (χ3v) is 5.92. The highest BCUT2D eigenvalue weighted by molar-refractivity contribution is 5.05. The van der Waals surface area contributed by atoms with Gasteiger partial charge in [-0.2, -0.15) is 0 Å². The highest BCUT2D eigenvalue weighted by Gasteiger charge is 2.55. The summed E-state index contributed by atoms with van der Waals surface area (Å²) in [4.78, 5) is 0. The lowest BCUT2D eigenvalue weighted by atomic mass is 9.44. The Bertz CT molecular complexity index is 225. The molecule has 0 aromatic rings. The van der Waals surface area contributed by atoms with Crippen LogP contribution in [-0.4, -0.2) is 23.4 Å². The number of hydrogen-bond donors (Lipinski definition) is 2. The van der Waals surface area contributed by atoms with E-state index in [0.717, 1.165) is 36.5 Å². The van der Waals surface area contributed by atoms with Crippen LogP contribution in [0, 0.1) is 29.1 Å². The Kier molecular flexibility index (Phi) is 2.75. The maximum atomic E-state index is 9.36. The molecule has 4 fully saturated rings. The fourth-order valence-corrected chi connectivity index (χ4v) is 5.48. The van der Waals surface area contributed by atoms with E-state index in [9.17, 15) is 10.2 Å². The zero-order valence-electron chi connectivity index (χ0n) is 10.1. The molecule has 4 rings (SSSR count). The van der Waals surface area contributed by atoms with Gasteiger partial charge in [-0.3, -0.25) is 0 Å². The Morgan fingerprint density at radius 1 is 0.750 bits per heavy atom. The molecule has 4 saturated carbocycles. The molecular formula is C14H24O2. The molecule has 0 aliphatic heterocycles. The van der Waals surface area contributed by atoms with Gasteiger partial charge in [0.15, 0.2) is 0 Å². The summed E-state index contributed by atoms with van der Waals surface area (Å²) in [6, 6.07) is 0. The van der Waals surface area contributed by atoms with Crippen LogP contribution in [-0.2, 0) is 0 Å². The van der Waals surface area contributed by atoms with Crippen LogP contribution in [0.25, 0.3) is 0 Å². The Labute approximate surface area is 98.1 Å². The van der Waals surface area contributed by atoms with Crippen molar-refractivity contribution in [3.63, 3.8) is 0 Å². The number of rotatable bonds is 4. The highest BCUT2D eigenvalue weighted by Crippen LogP contribution is 2.64. The summed E-state index contributed by atoms with van der Waals surface area (Å²) in [5, 5.41) is 18.7. The average Bonchev–Trinajstić information content (AvgIpc) is 2.25. The zero-order chi connectivity index (χ0) is 11.2. The second-order valence-corrected chi connectivity index (χ2v) is 6.48. The molecule has 4 aliphatic rings. The van der Waals surface area contributed by atoms with Crippen LogP contribution in [0.15, 0.2) is 0 Å². The molecule has 0 unspecified atom stereocenters. The second-order valence-electron chi connectivity index (χ2n) is 6.48. The third kappa shape index (κ3) is 1.46. The van der Waals surface area contributed by atoms with Crippen LogP contribution in [0.4, 0.5) is 0 Å². The van der Waals surface area contributed by atoms with E-state index in [2.05, 4.69) is 0 Å². The molecule has 0 amide bonds. The molecule has 16 heavy (non-hydrogen) atoms. The first-order chi connectivity index (χ1) is 7.78. The van der Waals surface area contributed by atoms with Gasteiger partial charge in [0.2, 0.25) is 0 Å². The van der Waals surface area contributed by atoms with Gasteiger partial charge in [0.05, 0.1) is 0 Å². The average molecular weight is 224 g/mol. The van der Waals surface area contributed by atoms with Crippen molar-refractivity contribution in [1.82, 2.24) is 0 Å². The lowest BCUT2D eigenvalue weighted by Crippen LogP contribution is -2.53. The van der Waals surface area contributed by atoms with Crippen LogP contribution in [0.1, 0.15) is 44.9 Å². The fraction of sp³-hybridized carbons (Fsp3) is 1.00. The number of hydrogen-bond acceptors (Lipinski definition) is 2. The third-order valence-electron chi connectivity index (χ3n) is 5.92. The van der Waals surface area contributed by atoms with Gasteiger partial charge in [0, 0.05) is 13.2 Å². The standard InChI is InChI=1S/C14H24O2/c15-3-1-14(2-4-16)12-6-10-5-11(8-12)9-13(14)7-10/h10-13,15-16H,1-9H2. The first kappa shape index (κ1) is 11.0. The quantitative estimate of drug-likeness (QED) is 0.768. The van der Waals surface area contributed by atoms with Gasteiger partial charge in [-0.05, 0) is 74.0 Å². The first-order valence-electron chi connectivity index (χ1n) is 7.00. The molecule has 92 valence electrons. The van der Waals surface area contributed by atoms with Gasteiger partial charge < -0.3 is 10.2 Å². The van der Waals surface area contributed by atoms with Crippen LogP contribution in [0.2, 0.25) is 0 Å². The molecule has 0 aromatic carbocycles. The fourth-order valence-electron chi connectivity index (χ4n) is 5.48. The van der Waals surface area contributed by atoms with Crippen LogP contribution in [0.5, 0.6) is 0 Å². The van der Waals surface area contributed by atoms with Crippen molar-refractivity contribution in [2.75, 3.05) is 13.2 Å². The minimum absolute atomic E-state index is 0.302. The van der Waals surface area contributed by atoms with Gasteiger partial charge >= 0.3 is 0 Å². The molecule has 2 nitrogen and oxygen atoms in total. The monoisotopic (exact) mass is 224 g/mol.